The zero-order valence-electron chi connectivity index (χ0n) is 18.7. The number of carbonyl (C=O) groups is 2. The molecular weight excluding hydrogens is 499 g/mol. The molecule has 1 fully saturated rings. The summed E-state index contributed by atoms with van der Waals surface area (Å²) in [5.41, 5.74) is 1.63. The summed E-state index contributed by atoms with van der Waals surface area (Å²) in [7, 11) is 0. The zero-order valence-corrected chi connectivity index (χ0v) is 21.7. The molecular formula is C25H29Cl3N2O2S. The second-order valence-corrected chi connectivity index (χ2v) is 10.4. The van der Waals surface area contributed by atoms with Gasteiger partial charge in [0.25, 0.3) is 0 Å². The third-order valence-corrected chi connectivity index (χ3v) is 7.96. The van der Waals surface area contributed by atoms with E-state index in [2.05, 4.69) is 5.32 Å². The van der Waals surface area contributed by atoms with Crippen molar-refractivity contribution >= 4 is 58.4 Å². The number of nitrogens with zero attached hydrogens (tertiary/aromatic N) is 1. The Labute approximate surface area is 215 Å². The Kier molecular flexibility index (Phi) is 10.2. The molecule has 1 atom stereocenters. The van der Waals surface area contributed by atoms with Gasteiger partial charge < -0.3 is 10.2 Å². The van der Waals surface area contributed by atoms with Crippen molar-refractivity contribution in [2.24, 2.45) is 0 Å². The highest BCUT2D eigenvalue weighted by atomic mass is 35.5. The summed E-state index contributed by atoms with van der Waals surface area (Å²) in [5, 5.41) is 4.79. The van der Waals surface area contributed by atoms with Crippen LogP contribution in [0.5, 0.6) is 0 Å². The maximum Gasteiger partial charge on any atom is 0.243 e. The van der Waals surface area contributed by atoms with E-state index in [1.807, 2.05) is 31.2 Å². The van der Waals surface area contributed by atoms with Crippen LogP contribution in [-0.4, -0.2) is 34.6 Å². The van der Waals surface area contributed by atoms with Gasteiger partial charge in [-0.1, -0.05) is 78.8 Å². The number of halogens is 3. The number of amides is 2. The fourth-order valence-electron chi connectivity index (χ4n) is 4.09. The summed E-state index contributed by atoms with van der Waals surface area (Å²) in [6.45, 7) is 2.10. The van der Waals surface area contributed by atoms with Crippen LogP contribution in [0, 0.1) is 0 Å². The van der Waals surface area contributed by atoms with Crippen molar-refractivity contribution in [1.29, 1.82) is 0 Å². The average molecular weight is 528 g/mol. The monoisotopic (exact) mass is 526 g/mol. The van der Waals surface area contributed by atoms with Gasteiger partial charge in [-0.15, -0.1) is 11.8 Å². The zero-order chi connectivity index (χ0) is 23.8. The van der Waals surface area contributed by atoms with E-state index in [4.69, 9.17) is 34.8 Å². The van der Waals surface area contributed by atoms with Crippen LogP contribution >= 0.6 is 46.6 Å². The Morgan fingerprint density at radius 1 is 1.03 bits per heavy atom. The number of hydrogen-bond acceptors (Lipinski definition) is 3. The first-order valence-electron chi connectivity index (χ1n) is 11.2. The van der Waals surface area contributed by atoms with Gasteiger partial charge in [0.1, 0.15) is 6.04 Å². The van der Waals surface area contributed by atoms with Crippen molar-refractivity contribution in [2.45, 2.75) is 63.4 Å². The predicted octanol–water partition coefficient (Wildman–Crippen LogP) is 6.75. The van der Waals surface area contributed by atoms with Gasteiger partial charge in [-0.2, -0.15) is 0 Å². The molecule has 4 nitrogen and oxygen atoms in total. The lowest BCUT2D eigenvalue weighted by Gasteiger charge is -2.32. The minimum atomic E-state index is -0.591. The van der Waals surface area contributed by atoms with E-state index in [-0.39, 0.29) is 30.2 Å². The summed E-state index contributed by atoms with van der Waals surface area (Å²) in [6, 6.07) is 12.4. The number of benzene rings is 2. The normalized spacial score (nSPS) is 14.8. The van der Waals surface area contributed by atoms with Gasteiger partial charge in [-0.05, 0) is 43.0 Å². The van der Waals surface area contributed by atoms with Crippen LogP contribution in [0.2, 0.25) is 15.1 Å². The van der Waals surface area contributed by atoms with Crippen LogP contribution in [0.15, 0.2) is 42.5 Å². The number of carbonyl (C=O) groups excluding carboxylic acids is 2. The average Bonchev–Trinajstić information content (AvgIpc) is 3.29. The SMILES string of the molecule is CCC(C(=O)NC1CCCC1)N(Cc1c(Cl)cccc1Cl)C(=O)CSCc1ccccc1Cl. The van der Waals surface area contributed by atoms with Gasteiger partial charge in [-0.3, -0.25) is 9.59 Å². The van der Waals surface area contributed by atoms with Gasteiger partial charge in [-0.25, -0.2) is 0 Å². The van der Waals surface area contributed by atoms with Gasteiger partial charge in [0, 0.05) is 39.0 Å². The van der Waals surface area contributed by atoms with E-state index >= 15 is 0 Å². The molecule has 1 aliphatic rings. The Morgan fingerprint density at radius 3 is 2.30 bits per heavy atom. The van der Waals surface area contributed by atoms with Gasteiger partial charge in [0.05, 0.1) is 5.75 Å². The maximum absolute atomic E-state index is 13.4. The highest BCUT2D eigenvalue weighted by Crippen LogP contribution is 2.28. The quantitative estimate of drug-likeness (QED) is 0.372. The molecule has 0 spiro atoms. The summed E-state index contributed by atoms with van der Waals surface area (Å²) in [4.78, 5) is 28.2. The lowest BCUT2D eigenvalue weighted by molar-refractivity contribution is -0.139. The number of thioether (sulfide) groups is 1. The fraction of sp³-hybridized carbons (Fsp3) is 0.440. The standard InChI is InChI=1S/C25H29Cl3N2O2S/c1-2-23(25(32)29-18-9-4-5-10-18)30(14-19-21(27)12-7-13-22(19)28)24(31)16-33-15-17-8-3-6-11-20(17)26/h3,6-8,11-13,18,23H,2,4-5,9-10,14-16H2,1H3,(H,29,32). The summed E-state index contributed by atoms with van der Waals surface area (Å²) in [6.07, 6.45) is 4.72. The smallest absolute Gasteiger partial charge is 0.243 e. The minimum absolute atomic E-state index is 0.114. The van der Waals surface area contributed by atoms with Crippen LogP contribution in [-0.2, 0) is 21.9 Å². The highest BCUT2D eigenvalue weighted by Gasteiger charge is 2.31. The molecule has 3 rings (SSSR count). The molecule has 2 aromatic carbocycles. The van der Waals surface area contributed by atoms with Gasteiger partial charge >= 0.3 is 0 Å². The molecule has 1 unspecified atom stereocenters. The van der Waals surface area contributed by atoms with Gasteiger partial charge in [0.2, 0.25) is 11.8 Å². The molecule has 0 bridgehead atoms. The van der Waals surface area contributed by atoms with Crippen molar-refractivity contribution in [2.75, 3.05) is 5.75 Å². The summed E-state index contributed by atoms with van der Waals surface area (Å²) < 4.78 is 0. The molecule has 178 valence electrons. The van der Waals surface area contributed by atoms with Crippen LogP contribution in [0.1, 0.15) is 50.2 Å². The molecule has 8 heteroatoms. The molecule has 0 aromatic heterocycles. The van der Waals surface area contributed by atoms with Crippen molar-refractivity contribution < 1.29 is 9.59 Å². The second-order valence-electron chi connectivity index (χ2n) is 8.22. The van der Waals surface area contributed by atoms with Gasteiger partial charge in [0.15, 0.2) is 0 Å². The van der Waals surface area contributed by atoms with E-state index in [0.717, 1.165) is 31.2 Å². The molecule has 0 radical (unpaired) electrons. The first kappa shape index (κ1) is 26.2. The predicted molar refractivity (Wildman–Crippen MR) is 139 cm³/mol. The van der Waals surface area contributed by atoms with E-state index in [9.17, 15) is 9.59 Å². The van der Waals surface area contributed by atoms with Crippen LogP contribution in [0.4, 0.5) is 0 Å². The number of hydrogen-bond donors (Lipinski definition) is 1. The Morgan fingerprint density at radius 2 is 1.67 bits per heavy atom. The molecule has 2 aromatic rings. The summed E-state index contributed by atoms with van der Waals surface area (Å²) >= 11 is 20.5. The van der Waals surface area contributed by atoms with E-state index in [1.54, 1.807) is 23.1 Å². The highest BCUT2D eigenvalue weighted by molar-refractivity contribution is 7.99. The fourth-order valence-corrected chi connectivity index (χ4v) is 5.80. The van der Waals surface area contributed by atoms with E-state index < -0.39 is 6.04 Å². The maximum atomic E-state index is 13.4. The molecule has 2 amide bonds. The molecule has 0 saturated heterocycles. The Balaban J connectivity index is 1.76. The lowest BCUT2D eigenvalue weighted by atomic mass is 10.1. The van der Waals surface area contributed by atoms with Crippen molar-refractivity contribution in [3.63, 3.8) is 0 Å². The second kappa shape index (κ2) is 12.9. The van der Waals surface area contributed by atoms with Crippen molar-refractivity contribution in [1.82, 2.24) is 10.2 Å². The van der Waals surface area contributed by atoms with Crippen molar-refractivity contribution in [3.8, 4) is 0 Å². The molecule has 1 saturated carbocycles. The number of rotatable bonds is 10. The molecule has 1 aliphatic carbocycles. The first-order valence-corrected chi connectivity index (χ1v) is 13.5. The van der Waals surface area contributed by atoms with E-state index in [1.165, 1.54) is 11.8 Å². The lowest BCUT2D eigenvalue weighted by Crippen LogP contribution is -2.51. The molecule has 33 heavy (non-hydrogen) atoms. The van der Waals surface area contributed by atoms with Crippen LogP contribution in [0.3, 0.4) is 0 Å². The minimum Gasteiger partial charge on any atom is -0.352 e. The third-order valence-electron chi connectivity index (χ3n) is 5.92. The van der Waals surface area contributed by atoms with E-state index in [0.29, 0.717) is 32.8 Å². The largest absolute Gasteiger partial charge is 0.352 e. The topological polar surface area (TPSA) is 49.4 Å². The Hall–Kier alpha value is -1.40. The van der Waals surface area contributed by atoms with Crippen LogP contribution < -0.4 is 5.32 Å². The van der Waals surface area contributed by atoms with Crippen molar-refractivity contribution in [3.05, 3.63) is 68.7 Å². The first-order chi connectivity index (χ1) is 15.9. The van der Waals surface area contributed by atoms with Crippen LogP contribution in [0.25, 0.3) is 0 Å². The number of nitrogens with one attached hydrogen (secondary N) is 1. The molecule has 1 N–H and O–H groups in total. The summed E-state index contributed by atoms with van der Waals surface area (Å²) in [5.74, 6) is 0.589. The molecule has 0 aliphatic heterocycles. The molecule has 0 heterocycles. The Bertz CT molecular complexity index is 946. The third kappa shape index (κ3) is 7.29.